The highest BCUT2D eigenvalue weighted by Gasteiger charge is 2.20. The molecule has 0 spiro atoms. The monoisotopic (exact) mass is 344 g/mol. The Morgan fingerprint density at radius 2 is 1.78 bits per heavy atom. The van der Waals surface area contributed by atoms with E-state index in [9.17, 15) is 0 Å². The molecule has 0 amide bonds. The van der Waals surface area contributed by atoms with Crippen LogP contribution in [0.1, 0.15) is 0 Å². The van der Waals surface area contributed by atoms with Crippen molar-refractivity contribution in [2.24, 2.45) is 0 Å². The van der Waals surface area contributed by atoms with E-state index >= 15 is 0 Å². The second-order valence-corrected chi connectivity index (χ2v) is 7.17. The van der Waals surface area contributed by atoms with Crippen LogP contribution in [0.2, 0.25) is 5.28 Å². The lowest BCUT2D eigenvalue weighted by Crippen LogP contribution is -2.44. The van der Waals surface area contributed by atoms with Gasteiger partial charge in [0.2, 0.25) is 5.28 Å². The third kappa shape index (κ3) is 2.92. The molecule has 3 aromatic rings. The van der Waals surface area contributed by atoms with Crippen LogP contribution in [-0.2, 0) is 0 Å². The number of halogens is 1. The zero-order chi connectivity index (χ0) is 15.8. The van der Waals surface area contributed by atoms with Crippen molar-refractivity contribution in [2.75, 3.05) is 38.1 Å². The summed E-state index contributed by atoms with van der Waals surface area (Å²) in [5.41, 5.74) is 1.20. The van der Waals surface area contributed by atoms with Crippen molar-refractivity contribution in [3.05, 3.63) is 41.7 Å². The van der Waals surface area contributed by atoms with Crippen molar-refractivity contribution >= 4 is 39.0 Å². The van der Waals surface area contributed by atoms with Gasteiger partial charge in [0.15, 0.2) is 0 Å². The minimum atomic E-state index is 0.327. The highest BCUT2D eigenvalue weighted by atomic mass is 35.5. The Kier molecular flexibility index (Phi) is 3.93. The van der Waals surface area contributed by atoms with E-state index in [2.05, 4.69) is 57.1 Å². The maximum atomic E-state index is 6.17. The number of likely N-dealkylation sites (N-methyl/N-ethyl adjacent to an activating group) is 1. The normalized spacial score (nSPS) is 16.2. The number of piperazine rings is 1. The van der Waals surface area contributed by atoms with Crippen LogP contribution in [0.25, 0.3) is 20.7 Å². The summed E-state index contributed by atoms with van der Waals surface area (Å²) in [7, 11) is 2.15. The maximum absolute atomic E-state index is 6.17. The molecule has 1 aliphatic rings. The SMILES string of the molecule is CN1CCN(c2nc(Cl)nc3sc(-c4ccccc4)cc23)CC1. The van der Waals surface area contributed by atoms with Gasteiger partial charge < -0.3 is 9.80 Å². The molecule has 4 nitrogen and oxygen atoms in total. The summed E-state index contributed by atoms with van der Waals surface area (Å²) in [5, 5.41) is 1.43. The molecule has 1 aliphatic heterocycles. The molecule has 4 rings (SSSR count). The van der Waals surface area contributed by atoms with Crippen LogP contribution in [0.5, 0.6) is 0 Å². The Balaban J connectivity index is 1.80. The third-order valence-corrected chi connectivity index (χ3v) is 5.45. The number of thiophene rings is 1. The van der Waals surface area contributed by atoms with Gasteiger partial charge >= 0.3 is 0 Å². The second-order valence-electron chi connectivity index (χ2n) is 5.80. The number of benzene rings is 1. The molecule has 118 valence electrons. The zero-order valence-electron chi connectivity index (χ0n) is 12.9. The van der Waals surface area contributed by atoms with Crippen molar-refractivity contribution in [3.63, 3.8) is 0 Å². The number of hydrogen-bond donors (Lipinski definition) is 0. The lowest BCUT2D eigenvalue weighted by molar-refractivity contribution is 0.312. The highest BCUT2D eigenvalue weighted by Crippen LogP contribution is 2.37. The largest absolute Gasteiger partial charge is 0.353 e. The topological polar surface area (TPSA) is 32.3 Å². The van der Waals surface area contributed by atoms with Crippen molar-refractivity contribution < 1.29 is 0 Å². The van der Waals surface area contributed by atoms with Crippen LogP contribution in [0.15, 0.2) is 36.4 Å². The van der Waals surface area contributed by atoms with Gasteiger partial charge in [0.05, 0.1) is 5.39 Å². The summed E-state index contributed by atoms with van der Waals surface area (Å²) < 4.78 is 0. The molecule has 23 heavy (non-hydrogen) atoms. The van der Waals surface area contributed by atoms with Gasteiger partial charge in [-0.25, -0.2) is 4.98 Å². The standard InChI is InChI=1S/C17H17ClN4S/c1-21-7-9-22(10-8-21)15-13-11-14(12-5-3-2-4-6-12)23-16(13)20-17(18)19-15/h2-6,11H,7-10H2,1H3. The first-order chi connectivity index (χ1) is 11.2. The van der Waals surface area contributed by atoms with E-state index < -0.39 is 0 Å². The van der Waals surface area contributed by atoms with E-state index in [1.165, 1.54) is 10.4 Å². The van der Waals surface area contributed by atoms with Gasteiger partial charge in [-0.2, -0.15) is 4.98 Å². The van der Waals surface area contributed by atoms with Crippen molar-refractivity contribution in [1.82, 2.24) is 14.9 Å². The molecule has 0 unspecified atom stereocenters. The van der Waals surface area contributed by atoms with E-state index in [1.807, 2.05) is 6.07 Å². The maximum Gasteiger partial charge on any atom is 0.225 e. The molecular weight excluding hydrogens is 328 g/mol. The Hall–Kier alpha value is -1.69. The van der Waals surface area contributed by atoms with Gasteiger partial charge in [-0.3, -0.25) is 0 Å². The minimum Gasteiger partial charge on any atom is -0.353 e. The second kappa shape index (κ2) is 6.07. The van der Waals surface area contributed by atoms with Gasteiger partial charge in [-0.15, -0.1) is 11.3 Å². The lowest BCUT2D eigenvalue weighted by atomic mass is 10.2. The molecule has 1 saturated heterocycles. The van der Waals surface area contributed by atoms with Gasteiger partial charge in [0.1, 0.15) is 10.6 Å². The van der Waals surface area contributed by atoms with Crippen LogP contribution in [0.4, 0.5) is 5.82 Å². The molecule has 0 atom stereocenters. The first kappa shape index (κ1) is 14.9. The predicted molar refractivity (Wildman–Crippen MR) is 97.6 cm³/mol. The quantitative estimate of drug-likeness (QED) is 0.662. The van der Waals surface area contributed by atoms with Gasteiger partial charge in [0, 0.05) is 31.1 Å². The van der Waals surface area contributed by atoms with Crippen molar-refractivity contribution in [3.8, 4) is 10.4 Å². The fourth-order valence-electron chi connectivity index (χ4n) is 2.89. The van der Waals surface area contributed by atoms with Crippen LogP contribution >= 0.6 is 22.9 Å². The van der Waals surface area contributed by atoms with Crippen LogP contribution in [0.3, 0.4) is 0 Å². The summed E-state index contributed by atoms with van der Waals surface area (Å²) >= 11 is 7.84. The molecule has 6 heteroatoms. The van der Waals surface area contributed by atoms with E-state index in [1.54, 1.807) is 11.3 Å². The molecule has 0 bridgehead atoms. The molecule has 3 heterocycles. The number of anilines is 1. The fourth-order valence-corrected chi connectivity index (χ4v) is 4.13. The molecule has 1 fully saturated rings. The Morgan fingerprint density at radius 3 is 2.52 bits per heavy atom. The molecule has 0 radical (unpaired) electrons. The number of aromatic nitrogens is 2. The zero-order valence-corrected chi connectivity index (χ0v) is 14.4. The molecular formula is C17H17ClN4S. The summed E-state index contributed by atoms with van der Waals surface area (Å²) in [6.45, 7) is 4.02. The minimum absolute atomic E-state index is 0.327. The Morgan fingerprint density at radius 1 is 1.04 bits per heavy atom. The number of fused-ring (bicyclic) bond motifs is 1. The van der Waals surface area contributed by atoms with Crippen molar-refractivity contribution in [2.45, 2.75) is 0 Å². The molecule has 2 aromatic heterocycles. The van der Waals surface area contributed by atoms with Gasteiger partial charge in [-0.05, 0) is 30.3 Å². The molecule has 0 N–H and O–H groups in total. The summed E-state index contributed by atoms with van der Waals surface area (Å²) in [5.74, 6) is 0.964. The van der Waals surface area contributed by atoms with Crippen LogP contribution in [0, 0.1) is 0 Å². The summed E-state index contributed by atoms with van der Waals surface area (Å²) in [4.78, 5) is 15.8. The van der Waals surface area contributed by atoms with Crippen LogP contribution in [-0.4, -0.2) is 48.1 Å². The van der Waals surface area contributed by atoms with E-state index in [4.69, 9.17) is 11.6 Å². The van der Waals surface area contributed by atoms with Gasteiger partial charge in [-0.1, -0.05) is 30.3 Å². The predicted octanol–water partition coefficient (Wildman–Crippen LogP) is 3.76. The average Bonchev–Trinajstić information content (AvgIpc) is 2.99. The average molecular weight is 345 g/mol. The Labute approximate surface area is 144 Å². The van der Waals surface area contributed by atoms with E-state index in [0.29, 0.717) is 5.28 Å². The van der Waals surface area contributed by atoms with Crippen LogP contribution < -0.4 is 4.90 Å². The summed E-state index contributed by atoms with van der Waals surface area (Å²) in [6, 6.07) is 12.6. The first-order valence-electron chi connectivity index (χ1n) is 7.67. The third-order valence-electron chi connectivity index (χ3n) is 4.21. The fraction of sp³-hybridized carbons (Fsp3) is 0.294. The summed E-state index contributed by atoms with van der Waals surface area (Å²) in [6.07, 6.45) is 0. The number of nitrogens with zero attached hydrogens (tertiary/aromatic N) is 4. The number of rotatable bonds is 2. The highest BCUT2D eigenvalue weighted by molar-refractivity contribution is 7.22. The molecule has 0 saturated carbocycles. The van der Waals surface area contributed by atoms with E-state index in [0.717, 1.165) is 42.2 Å². The Bertz CT molecular complexity index is 825. The van der Waals surface area contributed by atoms with Gasteiger partial charge in [0.25, 0.3) is 0 Å². The lowest BCUT2D eigenvalue weighted by Gasteiger charge is -2.33. The van der Waals surface area contributed by atoms with E-state index in [-0.39, 0.29) is 0 Å². The van der Waals surface area contributed by atoms with Crippen molar-refractivity contribution in [1.29, 1.82) is 0 Å². The smallest absolute Gasteiger partial charge is 0.225 e. The first-order valence-corrected chi connectivity index (χ1v) is 8.86. The number of hydrogen-bond acceptors (Lipinski definition) is 5. The molecule has 0 aliphatic carbocycles. The molecule has 1 aromatic carbocycles.